The molecule has 0 saturated heterocycles. The molecule has 0 spiro atoms. The van der Waals surface area contributed by atoms with Gasteiger partial charge in [-0.25, -0.2) is 0 Å². The smallest absolute Gasteiger partial charge is 0.260 e. The molecule has 0 aliphatic rings. The number of hydrogen-bond acceptors (Lipinski definition) is 6. The Morgan fingerprint density at radius 2 is 1.86 bits per heavy atom. The largest absolute Gasteiger partial charge is 0.504 e. The van der Waals surface area contributed by atoms with E-state index >= 15 is 0 Å². The minimum atomic E-state index is -0.243. The van der Waals surface area contributed by atoms with Crippen molar-refractivity contribution in [2.75, 3.05) is 5.73 Å². The van der Waals surface area contributed by atoms with Crippen molar-refractivity contribution in [3.05, 3.63) is 40.0 Å². The molecule has 0 saturated carbocycles. The van der Waals surface area contributed by atoms with Crippen molar-refractivity contribution in [2.24, 2.45) is 0 Å². The van der Waals surface area contributed by atoms with E-state index in [1.807, 2.05) is 12.1 Å². The summed E-state index contributed by atoms with van der Waals surface area (Å²) in [5, 5.41) is 22.7. The first kappa shape index (κ1) is 13.7. The molecule has 3 aromatic rings. The molecule has 6 nitrogen and oxygen atoms in total. The van der Waals surface area contributed by atoms with Crippen LogP contribution in [0.4, 0.5) is 5.69 Å². The van der Waals surface area contributed by atoms with Gasteiger partial charge < -0.3 is 20.5 Å². The Morgan fingerprint density at radius 3 is 2.62 bits per heavy atom. The molecule has 0 aliphatic heterocycles. The Kier molecular flexibility index (Phi) is 3.42. The lowest BCUT2D eigenvalue weighted by Gasteiger charge is -2.00. The van der Waals surface area contributed by atoms with Crippen LogP contribution >= 0.6 is 22.6 Å². The molecule has 0 aliphatic carbocycles. The summed E-state index contributed by atoms with van der Waals surface area (Å²) in [5.41, 5.74) is 7.64. The van der Waals surface area contributed by atoms with Gasteiger partial charge in [0.05, 0.1) is 5.56 Å². The molecule has 0 atom stereocenters. The molecule has 7 heteroatoms. The highest BCUT2D eigenvalue weighted by molar-refractivity contribution is 14.1. The number of hydrogen-bond donors (Lipinski definition) is 3. The van der Waals surface area contributed by atoms with Crippen LogP contribution in [0.2, 0.25) is 0 Å². The van der Waals surface area contributed by atoms with E-state index in [1.54, 1.807) is 12.1 Å². The van der Waals surface area contributed by atoms with Crippen molar-refractivity contribution in [1.82, 2.24) is 10.1 Å². The molecule has 4 N–H and O–H groups in total. The van der Waals surface area contributed by atoms with Crippen LogP contribution in [0.15, 0.2) is 40.9 Å². The summed E-state index contributed by atoms with van der Waals surface area (Å²) in [6, 6.07) is 9.81. The second-order valence-electron chi connectivity index (χ2n) is 4.36. The number of anilines is 1. The number of nitrogens with zero attached hydrogens (tertiary/aromatic N) is 2. The maximum Gasteiger partial charge on any atom is 0.260 e. The third-order valence-corrected chi connectivity index (χ3v) is 3.58. The van der Waals surface area contributed by atoms with E-state index in [-0.39, 0.29) is 11.5 Å². The predicted molar refractivity (Wildman–Crippen MR) is 85.6 cm³/mol. The number of halogens is 1. The standard InChI is InChI=1S/C14H10IN3O3/c15-8-2-3-10(16)9(6-8)14-17-13(18-21-14)7-1-4-11(19)12(20)5-7/h1-6,19-20H,16H2. The van der Waals surface area contributed by atoms with Crippen LogP contribution in [0.25, 0.3) is 22.8 Å². The van der Waals surface area contributed by atoms with Crippen molar-refractivity contribution < 1.29 is 14.7 Å². The molecular weight excluding hydrogens is 385 g/mol. The minimum Gasteiger partial charge on any atom is -0.504 e. The lowest BCUT2D eigenvalue weighted by atomic mass is 10.1. The summed E-state index contributed by atoms with van der Waals surface area (Å²) in [7, 11) is 0. The van der Waals surface area contributed by atoms with Gasteiger partial charge in [0.15, 0.2) is 11.5 Å². The van der Waals surface area contributed by atoms with Gasteiger partial charge in [-0.15, -0.1) is 0 Å². The first-order valence-corrected chi connectivity index (χ1v) is 7.04. The molecule has 2 aromatic carbocycles. The molecule has 0 unspecified atom stereocenters. The summed E-state index contributed by atoms with van der Waals surface area (Å²) >= 11 is 2.17. The van der Waals surface area contributed by atoms with Gasteiger partial charge in [-0.3, -0.25) is 0 Å². The van der Waals surface area contributed by atoms with Crippen LogP contribution in [0.5, 0.6) is 11.5 Å². The Labute approximate surface area is 133 Å². The van der Waals surface area contributed by atoms with Crippen LogP contribution in [0.3, 0.4) is 0 Å². The Morgan fingerprint density at radius 1 is 1.05 bits per heavy atom. The van der Waals surface area contributed by atoms with E-state index in [0.717, 1.165) is 3.57 Å². The fraction of sp³-hybridized carbons (Fsp3) is 0. The number of nitrogen functional groups attached to an aromatic ring is 1. The normalized spacial score (nSPS) is 10.7. The SMILES string of the molecule is Nc1ccc(I)cc1-c1nc(-c2ccc(O)c(O)c2)no1. The van der Waals surface area contributed by atoms with Gasteiger partial charge in [-0.2, -0.15) is 4.98 Å². The molecule has 21 heavy (non-hydrogen) atoms. The number of benzene rings is 2. The molecule has 1 heterocycles. The fourth-order valence-corrected chi connectivity index (χ4v) is 2.32. The lowest BCUT2D eigenvalue weighted by molar-refractivity contribution is 0.404. The van der Waals surface area contributed by atoms with Crippen LogP contribution < -0.4 is 5.73 Å². The minimum absolute atomic E-state index is 0.204. The zero-order valence-corrected chi connectivity index (χ0v) is 12.8. The van der Waals surface area contributed by atoms with E-state index in [0.29, 0.717) is 28.5 Å². The fourth-order valence-electron chi connectivity index (χ4n) is 1.83. The van der Waals surface area contributed by atoms with E-state index in [2.05, 4.69) is 32.7 Å². The van der Waals surface area contributed by atoms with Crippen molar-refractivity contribution in [3.63, 3.8) is 0 Å². The van der Waals surface area contributed by atoms with Crippen molar-refractivity contribution in [3.8, 4) is 34.3 Å². The van der Waals surface area contributed by atoms with Gasteiger partial charge in [0.1, 0.15) is 0 Å². The van der Waals surface area contributed by atoms with E-state index in [1.165, 1.54) is 12.1 Å². The molecular formula is C14H10IN3O3. The number of aromatic hydroxyl groups is 2. The molecule has 0 bridgehead atoms. The average Bonchev–Trinajstić information content (AvgIpc) is 2.94. The second-order valence-corrected chi connectivity index (χ2v) is 5.60. The topological polar surface area (TPSA) is 105 Å². The Balaban J connectivity index is 2.03. The average molecular weight is 395 g/mol. The van der Waals surface area contributed by atoms with Crippen LogP contribution in [-0.2, 0) is 0 Å². The van der Waals surface area contributed by atoms with Gasteiger partial charge in [0.2, 0.25) is 5.82 Å². The highest BCUT2D eigenvalue weighted by Gasteiger charge is 2.14. The zero-order valence-electron chi connectivity index (χ0n) is 10.6. The zero-order chi connectivity index (χ0) is 15.0. The highest BCUT2D eigenvalue weighted by atomic mass is 127. The summed E-state index contributed by atoms with van der Waals surface area (Å²) in [6.07, 6.45) is 0. The number of nitrogens with two attached hydrogens (primary N) is 1. The maximum absolute atomic E-state index is 9.51. The Bertz CT molecular complexity index is 817. The first-order chi connectivity index (χ1) is 10.0. The second kappa shape index (κ2) is 5.24. The van der Waals surface area contributed by atoms with Crippen molar-refractivity contribution in [2.45, 2.75) is 0 Å². The molecule has 0 amide bonds. The van der Waals surface area contributed by atoms with Crippen LogP contribution in [0.1, 0.15) is 0 Å². The van der Waals surface area contributed by atoms with E-state index in [9.17, 15) is 10.2 Å². The monoisotopic (exact) mass is 395 g/mol. The molecule has 3 rings (SSSR count). The summed E-state index contributed by atoms with van der Waals surface area (Å²) < 4.78 is 6.22. The third-order valence-electron chi connectivity index (χ3n) is 2.91. The van der Waals surface area contributed by atoms with E-state index in [4.69, 9.17) is 10.3 Å². The number of aromatic nitrogens is 2. The van der Waals surface area contributed by atoms with Gasteiger partial charge in [-0.05, 0) is 59.0 Å². The third kappa shape index (κ3) is 2.64. The quantitative estimate of drug-likeness (QED) is 0.350. The van der Waals surface area contributed by atoms with E-state index < -0.39 is 0 Å². The van der Waals surface area contributed by atoms with Gasteiger partial charge in [-0.1, -0.05) is 5.16 Å². The Hall–Kier alpha value is -2.29. The van der Waals surface area contributed by atoms with Gasteiger partial charge in [0, 0.05) is 14.8 Å². The predicted octanol–water partition coefficient (Wildman–Crippen LogP) is 3.00. The molecule has 1 aromatic heterocycles. The number of rotatable bonds is 2. The lowest BCUT2D eigenvalue weighted by Crippen LogP contribution is -1.91. The molecule has 0 radical (unpaired) electrons. The van der Waals surface area contributed by atoms with Crippen molar-refractivity contribution >= 4 is 28.3 Å². The van der Waals surface area contributed by atoms with Gasteiger partial charge in [0.25, 0.3) is 5.89 Å². The van der Waals surface area contributed by atoms with Crippen LogP contribution in [0, 0.1) is 3.57 Å². The molecule has 106 valence electrons. The highest BCUT2D eigenvalue weighted by Crippen LogP contribution is 2.31. The first-order valence-electron chi connectivity index (χ1n) is 5.96. The van der Waals surface area contributed by atoms with Crippen molar-refractivity contribution in [1.29, 1.82) is 0 Å². The number of phenolic OH excluding ortho intramolecular Hbond substituents is 2. The summed E-state index contributed by atoms with van der Waals surface area (Å²) in [6.45, 7) is 0. The number of phenols is 2. The van der Waals surface area contributed by atoms with Gasteiger partial charge >= 0.3 is 0 Å². The van der Waals surface area contributed by atoms with Crippen LogP contribution in [-0.4, -0.2) is 20.4 Å². The molecule has 0 fully saturated rings. The maximum atomic E-state index is 9.51. The summed E-state index contributed by atoms with van der Waals surface area (Å²) in [4.78, 5) is 4.27. The summed E-state index contributed by atoms with van der Waals surface area (Å²) in [5.74, 6) is 0.157.